The average Bonchev–Trinajstić information content (AvgIpc) is 3.62. The topological polar surface area (TPSA) is 138 Å². The highest BCUT2D eigenvalue weighted by Crippen LogP contribution is 2.43. The van der Waals surface area contributed by atoms with Crippen LogP contribution in [0, 0.1) is 5.92 Å². The van der Waals surface area contributed by atoms with Crippen LogP contribution < -0.4 is 5.32 Å². The predicted octanol–water partition coefficient (Wildman–Crippen LogP) is 5.97. The van der Waals surface area contributed by atoms with E-state index in [2.05, 4.69) is 33.8 Å². The van der Waals surface area contributed by atoms with E-state index in [9.17, 15) is 14.7 Å². The van der Waals surface area contributed by atoms with E-state index in [0.29, 0.717) is 10.9 Å². The molecule has 12 heteroatoms. The second kappa shape index (κ2) is 16.2. The van der Waals surface area contributed by atoms with Gasteiger partial charge < -0.3 is 24.6 Å². The zero-order valence-corrected chi connectivity index (χ0v) is 28.8. The van der Waals surface area contributed by atoms with Crippen molar-refractivity contribution in [2.45, 2.75) is 63.7 Å². The van der Waals surface area contributed by atoms with Crippen LogP contribution in [0.25, 0.3) is 16.8 Å². The van der Waals surface area contributed by atoms with Gasteiger partial charge in [0.05, 0.1) is 24.5 Å². The van der Waals surface area contributed by atoms with Gasteiger partial charge in [-0.2, -0.15) is 4.68 Å². The number of aromatic nitrogens is 4. The number of hydrogen-bond acceptors (Lipinski definition) is 10. The van der Waals surface area contributed by atoms with E-state index in [0.717, 1.165) is 39.1 Å². The van der Waals surface area contributed by atoms with Crippen LogP contribution in [0.2, 0.25) is 0 Å². The molecule has 5 unspecified atom stereocenters. The van der Waals surface area contributed by atoms with E-state index in [1.165, 1.54) is 18.7 Å². The molecular formula is C38H39N5O6S. The minimum Gasteiger partial charge on any atom is -0.453 e. The third kappa shape index (κ3) is 8.45. The Labute approximate surface area is 295 Å². The first-order valence-corrected chi connectivity index (χ1v) is 17.4. The van der Waals surface area contributed by atoms with E-state index in [1.807, 2.05) is 97.1 Å². The molecule has 1 aliphatic rings. The molecule has 1 amide bonds. The van der Waals surface area contributed by atoms with Crippen molar-refractivity contribution >= 4 is 23.6 Å². The Morgan fingerprint density at radius 2 is 1.66 bits per heavy atom. The van der Waals surface area contributed by atoms with Crippen molar-refractivity contribution in [3.05, 3.63) is 125 Å². The fourth-order valence-corrected chi connectivity index (χ4v) is 6.88. The molecule has 5 aromatic rings. The highest BCUT2D eigenvalue weighted by atomic mass is 32.2. The third-order valence-electron chi connectivity index (χ3n) is 8.54. The Hall–Kier alpha value is -4.88. The van der Waals surface area contributed by atoms with Crippen molar-refractivity contribution in [2.24, 2.45) is 5.92 Å². The van der Waals surface area contributed by atoms with Crippen molar-refractivity contribution in [3.8, 4) is 16.8 Å². The Morgan fingerprint density at radius 3 is 2.40 bits per heavy atom. The summed E-state index contributed by atoms with van der Waals surface area (Å²) in [6, 6.07) is 33.6. The van der Waals surface area contributed by atoms with Crippen molar-refractivity contribution in [1.29, 1.82) is 0 Å². The van der Waals surface area contributed by atoms with E-state index >= 15 is 0 Å². The normalized spacial score (nSPS) is 19.4. The molecule has 0 spiro atoms. The number of carbonyl (C=O) groups excluding carboxylic acids is 2. The number of esters is 1. The number of hydrogen-bond donors (Lipinski definition) is 2. The Kier molecular flexibility index (Phi) is 11.3. The second-order valence-corrected chi connectivity index (χ2v) is 13.1. The number of para-hydroxylation sites is 1. The van der Waals surface area contributed by atoms with Gasteiger partial charge in [0.15, 0.2) is 12.4 Å². The SMILES string of the molecule is CC(=O)OC(C)C(=O)NCc1cccc(-c2cccc(C3OC(CSc4nnnn4-c4ccccc4)C(C)C(c4ccc(CO)cc4)O3)c2)c1. The van der Waals surface area contributed by atoms with Gasteiger partial charge in [-0.15, -0.1) is 5.10 Å². The zero-order valence-electron chi connectivity index (χ0n) is 28.0. The standard InChI is InChI=1S/C38H39N5O6S/c1-24-34(23-50-38-40-41-42-43(38)33-13-5-4-6-14-33)48-37(49-35(24)29-17-15-27(22-44)16-18-29)32-12-8-11-31(20-32)30-10-7-9-28(19-30)21-39-36(46)25(2)47-26(3)45/h4-20,24-25,34-35,37,44H,21-23H2,1-3H3,(H,39,46). The van der Waals surface area contributed by atoms with Gasteiger partial charge in [-0.3, -0.25) is 9.59 Å². The van der Waals surface area contributed by atoms with Crippen LogP contribution in [0.15, 0.2) is 108 Å². The van der Waals surface area contributed by atoms with E-state index in [4.69, 9.17) is 14.2 Å². The lowest BCUT2D eigenvalue weighted by molar-refractivity contribution is -0.268. The fourth-order valence-electron chi connectivity index (χ4n) is 5.83. The number of tetrazole rings is 1. The molecule has 0 saturated carbocycles. The summed E-state index contributed by atoms with van der Waals surface area (Å²) in [5, 5.41) is 25.5. The van der Waals surface area contributed by atoms with Crippen molar-refractivity contribution in [2.75, 3.05) is 5.75 Å². The van der Waals surface area contributed by atoms with Gasteiger partial charge in [-0.1, -0.05) is 97.5 Å². The van der Waals surface area contributed by atoms with Crippen LogP contribution in [0.4, 0.5) is 0 Å². The van der Waals surface area contributed by atoms with Gasteiger partial charge in [0.1, 0.15) is 0 Å². The molecule has 1 fully saturated rings. The number of nitrogens with zero attached hydrogens (tertiary/aromatic N) is 4. The number of aliphatic hydroxyl groups excluding tert-OH is 1. The number of carbonyl (C=O) groups is 2. The quantitative estimate of drug-likeness (QED) is 0.119. The monoisotopic (exact) mass is 693 g/mol. The van der Waals surface area contributed by atoms with Crippen molar-refractivity contribution in [3.63, 3.8) is 0 Å². The second-order valence-electron chi connectivity index (χ2n) is 12.1. The molecule has 4 aromatic carbocycles. The summed E-state index contributed by atoms with van der Waals surface area (Å²) in [6.07, 6.45) is -2.02. The van der Waals surface area contributed by atoms with E-state index in [1.54, 1.807) is 11.6 Å². The fraction of sp³-hybridized carbons (Fsp3) is 0.289. The summed E-state index contributed by atoms with van der Waals surface area (Å²) in [5.74, 6) is -0.296. The van der Waals surface area contributed by atoms with Gasteiger partial charge in [-0.05, 0) is 69.4 Å². The Morgan fingerprint density at radius 1 is 0.920 bits per heavy atom. The molecule has 50 heavy (non-hydrogen) atoms. The maximum atomic E-state index is 12.4. The van der Waals surface area contributed by atoms with E-state index < -0.39 is 18.4 Å². The molecule has 1 saturated heterocycles. The van der Waals surface area contributed by atoms with Crippen LogP contribution in [0.3, 0.4) is 0 Å². The molecule has 6 rings (SSSR count). The van der Waals surface area contributed by atoms with Crippen LogP contribution in [-0.2, 0) is 37.0 Å². The smallest absolute Gasteiger partial charge is 0.303 e. The molecule has 0 bridgehead atoms. The van der Waals surface area contributed by atoms with Gasteiger partial charge >= 0.3 is 5.97 Å². The molecule has 5 atom stereocenters. The molecule has 2 heterocycles. The first-order chi connectivity index (χ1) is 24.3. The number of ether oxygens (including phenoxy) is 3. The summed E-state index contributed by atoms with van der Waals surface area (Å²) in [5.41, 5.74) is 6.40. The molecule has 11 nitrogen and oxygen atoms in total. The molecule has 0 aliphatic carbocycles. The third-order valence-corrected chi connectivity index (χ3v) is 9.55. The molecule has 2 N–H and O–H groups in total. The maximum absolute atomic E-state index is 12.4. The average molecular weight is 694 g/mol. The molecular weight excluding hydrogens is 655 g/mol. The summed E-state index contributed by atoms with van der Waals surface area (Å²) >= 11 is 1.53. The van der Waals surface area contributed by atoms with Crippen LogP contribution in [0.5, 0.6) is 0 Å². The van der Waals surface area contributed by atoms with Gasteiger partial charge in [0.25, 0.3) is 5.91 Å². The first kappa shape index (κ1) is 35.0. The predicted molar refractivity (Wildman–Crippen MR) is 188 cm³/mol. The molecule has 258 valence electrons. The van der Waals surface area contributed by atoms with E-state index in [-0.39, 0.29) is 37.2 Å². The molecule has 0 radical (unpaired) electrons. The lowest BCUT2D eigenvalue weighted by Crippen LogP contribution is -2.38. The highest BCUT2D eigenvalue weighted by molar-refractivity contribution is 7.99. The highest BCUT2D eigenvalue weighted by Gasteiger charge is 2.38. The number of nitrogens with one attached hydrogen (secondary N) is 1. The van der Waals surface area contributed by atoms with Crippen molar-refractivity contribution in [1.82, 2.24) is 25.5 Å². The minimum absolute atomic E-state index is 0.0153. The van der Waals surface area contributed by atoms with Crippen LogP contribution in [-0.4, -0.2) is 55.2 Å². The summed E-state index contributed by atoms with van der Waals surface area (Å²) in [7, 11) is 0. The minimum atomic E-state index is -0.872. The number of amides is 1. The van der Waals surface area contributed by atoms with Gasteiger partial charge in [0, 0.05) is 30.7 Å². The summed E-state index contributed by atoms with van der Waals surface area (Å²) < 4.78 is 20.1. The number of benzene rings is 4. The van der Waals surface area contributed by atoms with Gasteiger partial charge in [0.2, 0.25) is 5.16 Å². The zero-order chi connectivity index (χ0) is 35.0. The lowest BCUT2D eigenvalue weighted by Gasteiger charge is -2.41. The number of rotatable bonds is 12. The Bertz CT molecular complexity index is 1900. The number of thioether (sulfide) groups is 1. The largest absolute Gasteiger partial charge is 0.453 e. The summed E-state index contributed by atoms with van der Waals surface area (Å²) in [4.78, 5) is 23.6. The first-order valence-electron chi connectivity index (χ1n) is 16.4. The molecule has 1 aromatic heterocycles. The molecule has 1 aliphatic heterocycles. The maximum Gasteiger partial charge on any atom is 0.303 e. The number of aliphatic hydroxyl groups is 1. The van der Waals surface area contributed by atoms with Crippen LogP contribution in [0.1, 0.15) is 55.4 Å². The lowest BCUT2D eigenvalue weighted by atomic mass is 9.91. The summed E-state index contributed by atoms with van der Waals surface area (Å²) in [6.45, 7) is 5.20. The van der Waals surface area contributed by atoms with Crippen LogP contribution >= 0.6 is 11.8 Å². The van der Waals surface area contributed by atoms with Crippen molar-refractivity contribution < 1.29 is 28.9 Å². The Balaban J connectivity index is 1.22. The van der Waals surface area contributed by atoms with Gasteiger partial charge in [-0.25, -0.2) is 0 Å².